The van der Waals surface area contributed by atoms with Crippen LogP contribution in [0.4, 0.5) is 0 Å². The Kier molecular flexibility index (Phi) is 4.46. The molecule has 0 spiro atoms. The quantitative estimate of drug-likeness (QED) is 0.905. The summed E-state index contributed by atoms with van der Waals surface area (Å²) in [6.45, 7) is 4.72. The molecule has 0 aromatic heterocycles. The number of nitrogens with two attached hydrogens (primary N) is 1. The Morgan fingerprint density at radius 1 is 1.11 bits per heavy atom. The molecule has 0 fully saturated rings. The molecule has 2 aromatic carbocycles. The van der Waals surface area contributed by atoms with Crippen LogP contribution in [0.5, 0.6) is 11.5 Å². The SMILES string of the molecule is Cc1ccc(Oc2ccc(CCN)c(C)c2)c(Cl)c1. The summed E-state index contributed by atoms with van der Waals surface area (Å²) in [5.41, 5.74) is 9.13. The lowest BCUT2D eigenvalue weighted by Crippen LogP contribution is -2.04. The van der Waals surface area contributed by atoms with Crippen LogP contribution in [0.15, 0.2) is 36.4 Å². The van der Waals surface area contributed by atoms with Gasteiger partial charge in [-0.25, -0.2) is 0 Å². The zero-order valence-corrected chi connectivity index (χ0v) is 12.0. The first-order valence-electron chi connectivity index (χ1n) is 6.34. The summed E-state index contributed by atoms with van der Waals surface area (Å²) in [7, 11) is 0. The van der Waals surface area contributed by atoms with Crippen molar-refractivity contribution in [3.8, 4) is 11.5 Å². The second-order valence-corrected chi connectivity index (χ2v) is 5.07. The molecule has 3 heteroatoms. The van der Waals surface area contributed by atoms with Crippen LogP contribution in [0.25, 0.3) is 0 Å². The molecule has 19 heavy (non-hydrogen) atoms. The zero-order valence-electron chi connectivity index (χ0n) is 11.2. The molecule has 0 bridgehead atoms. The Balaban J connectivity index is 2.21. The first-order valence-corrected chi connectivity index (χ1v) is 6.71. The second-order valence-electron chi connectivity index (χ2n) is 4.66. The summed E-state index contributed by atoms with van der Waals surface area (Å²) in [5, 5.41) is 0.628. The van der Waals surface area contributed by atoms with Gasteiger partial charge in [-0.2, -0.15) is 0 Å². The summed E-state index contributed by atoms with van der Waals surface area (Å²) in [6, 6.07) is 11.8. The summed E-state index contributed by atoms with van der Waals surface area (Å²) in [5.74, 6) is 1.47. The maximum atomic E-state index is 6.16. The van der Waals surface area contributed by atoms with Gasteiger partial charge >= 0.3 is 0 Å². The van der Waals surface area contributed by atoms with Crippen LogP contribution < -0.4 is 10.5 Å². The Morgan fingerprint density at radius 3 is 2.53 bits per heavy atom. The van der Waals surface area contributed by atoms with Gasteiger partial charge in [0.2, 0.25) is 0 Å². The molecule has 0 unspecified atom stereocenters. The Hall–Kier alpha value is -1.51. The van der Waals surface area contributed by atoms with E-state index in [1.807, 2.05) is 37.3 Å². The lowest BCUT2D eigenvalue weighted by molar-refractivity contribution is 0.482. The van der Waals surface area contributed by atoms with E-state index in [1.54, 1.807) is 0 Å². The fourth-order valence-corrected chi connectivity index (χ4v) is 2.26. The van der Waals surface area contributed by atoms with Gasteiger partial charge in [-0.1, -0.05) is 23.7 Å². The zero-order chi connectivity index (χ0) is 13.8. The molecule has 2 aromatic rings. The molecule has 0 aliphatic carbocycles. The number of ether oxygens (including phenoxy) is 1. The van der Waals surface area contributed by atoms with Crippen molar-refractivity contribution in [3.63, 3.8) is 0 Å². The van der Waals surface area contributed by atoms with Gasteiger partial charge in [0.15, 0.2) is 0 Å². The smallest absolute Gasteiger partial charge is 0.146 e. The van der Waals surface area contributed by atoms with Crippen molar-refractivity contribution in [3.05, 3.63) is 58.1 Å². The van der Waals surface area contributed by atoms with E-state index >= 15 is 0 Å². The standard InChI is InChI=1S/C16H18ClNO/c1-11-3-6-16(15(17)9-11)19-14-5-4-13(7-8-18)12(2)10-14/h3-6,9-10H,7-8,18H2,1-2H3. The van der Waals surface area contributed by atoms with E-state index in [9.17, 15) is 0 Å². The van der Waals surface area contributed by atoms with Gasteiger partial charge in [0, 0.05) is 0 Å². The van der Waals surface area contributed by atoms with E-state index in [1.165, 1.54) is 11.1 Å². The number of benzene rings is 2. The minimum Gasteiger partial charge on any atom is -0.456 e. The average molecular weight is 276 g/mol. The normalized spacial score (nSPS) is 10.5. The Morgan fingerprint density at radius 2 is 1.89 bits per heavy atom. The van der Waals surface area contributed by atoms with Crippen molar-refractivity contribution in [2.75, 3.05) is 6.54 Å². The van der Waals surface area contributed by atoms with E-state index in [0.29, 0.717) is 17.3 Å². The molecular formula is C16H18ClNO. The second kappa shape index (κ2) is 6.09. The fourth-order valence-electron chi connectivity index (χ4n) is 1.98. The molecule has 0 heterocycles. The number of halogens is 1. The first kappa shape index (κ1) is 13.9. The van der Waals surface area contributed by atoms with E-state index < -0.39 is 0 Å². The highest BCUT2D eigenvalue weighted by Gasteiger charge is 2.05. The summed E-state index contributed by atoms with van der Waals surface area (Å²) in [4.78, 5) is 0. The van der Waals surface area contributed by atoms with E-state index in [4.69, 9.17) is 22.1 Å². The topological polar surface area (TPSA) is 35.2 Å². The molecule has 0 saturated heterocycles. The van der Waals surface area contributed by atoms with Gasteiger partial charge in [-0.15, -0.1) is 0 Å². The van der Waals surface area contributed by atoms with Crippen molar-refractivity contribution in [1.29, 1.82) is 0 Å². The highest BCUT2D eigenvalue weighted by Crippen LogP contribution is 2.30. The van der Waals surface area contributed by atoms with E-state index in [-0.39, 0.29) is 0 Å². The first-order chi connectivity index (χ1) is 9.10. The lowest BCUT2D eigenvalue weighted by atomic mass is 10.1. The lowest BCUT2D eigenvalue weighted by Gasteiger charge is -2.11. The molecule has 0 radical (unpaired) electrons. The maximum Gasteiger partial charge on any atom is 0.146 e. The van der Waals surface area contributed by atoms with Crippen LogP contribution in [0.2, 0.25) is 5.02 Å². The molecular weight excluding hydrogens is 258 g/mol. The van der Waals surface area contributed by atoms with E-state index in [2.05, 4.69) is 13.0 Å². The number of hydrogen-bond acceptors (Lipinski definition) is 2. The van der Waals surface area contributed by atoms with Crippen molar-refractivity contribution >= 4 is 11.6 Å². The van der Waals surface area contributed by atoms with Gasteiger partial charge in [0.25, 0.3) is 0 Å². The van der Waals surface area contributed by atoms with Gasteiger partial charge in [-0.05, 0) is 67.8 Å². The summed E-state index contributed by atoms with van der Waals surface area (Å²) < 4.78 is 5.81. The molecule has 2 N–H and O–H groups in total. The number of rotatable bonds is 4. The van der Waals surface area contributed by atoms with Crippen molar-refractivity contribution < 1.29 is 4.74 Å². The third-order valence-corrected chi connectivity index (χ3v) is 3.34. The van der Waals surface area contributed by atoms with E-state index in [0.717, 1.165) is 17.7 Å². The van der Waals surface area contributed by atoms with Crippen LogP contribution in [-0.4, -0.2) is 6.54 Å². The molecule has 0 atom stereocenters. The third kappa shape index (κ3) is 3.49. The van der Waals surface area contributed by atoms with Crippen molar-refractivity contribution in [1.82, 2.24) is 0 Å². The predicted octanol–water partition coefficient (Wildman–Crippen LogP) is 4.25. The molecule has 0 aliphatic heterocycles. The van der Waals surface area contributed by atoms with Gasteiger partial charge in [0.1, 0.15) is 11.5 Å². The van der Waals surface area contributed by atoms with Crippen LogP contribution in [-0.2, 0) is 6.42 Å². The van der Waals surface area contributed by atoms with Crippen molar-refractivity contribution in [2.24, 2.45) is 5.73 Å². The molecule has 0 amide bonds. The maximum absolute atomic E-state index is 6.16. The number of aryl methyl sites for hydroxylation is 2. The molecule has 0 saturated carbocycles. The van der Waals surface area contributed by atoms with Crippen LogP contribution in [0.3, 0.4) is 0 Å². The molecule has 2 rings (SSSR count). The van der Waals surface area contributed by atoms with Gasteiger partial charge in [-0.3, -0.25) is 0 Å². The van der Waals surface area contributed by atoms with Crippen LogP contribution in [0, 0.1) is 13.8 Å². The molecule has 100 valence electrons. The predicted molar refractivity (Wildman–Crippen MR) is 80.2 cm³/mol. The highest BCUT2D eigenvalue weighted by atomic mass is 35.5. The van der Waals surface area contributed by atoms with Gasteiger partial charge in [0.05, 0.1) is 5.02 Å². The minimum atomic E-state index is 0.628. The van der Waals surface area contributed by atoms with Crippen LogP contribution in [0.1, 0.15) is 16.7 Å². The minimum absolute atomic E-state index is 0.628. The highest BCUT2D eigenvalue weighted by molar-refractivity contribution is 6.32. The van der Waals surface area contributed by atoms with Crippen molar-refractivity contribution in [2.45, 2.75) is 20.3 Å². The fraction of sp³-hybridized carbons (Fsp3) is 0.250. The van der Waals surface area contributed by atoms with Gasteiger partial charge < -0.3 is 10.5 Å². The Bertz CT molecular complexity index is 581. The third-order valence-electron chi connectivity index (χ3n) is 3.04. The summed E-state index contributed by atoms with van der Waals surface area (Å²) >= 11 is 6.16. The molecule has 0 aliphatic rings. The largest absolute Gasteiger partial charge is 0.456 e. The monoisotopic (exact) mass is 275 g/mol. The summed E-state index contributed by atoms with van der Waals surface area (Å²) in [6.07, 6.45) is 0.886. The number of hydrogen-bond donors (Lipinski definition) is 1. The molecule has 2 nitrogen and oxygen atoms in total. The van der Waals surface area contributed by atoms with Crippen LogP contribution >= 0.6 is 11.6 Å². The Labute approximate surface area is 119 Å². The average Bonchev–Trinajstić information content (AvgIpc) is 2.36.